The Labute approximate surface area is 118 Å². The van der Waals surface area contributed by atoms with E-state index in [1.54, 1.807) is 0 Å². The lowest BCUT2D eigenvalue weighted by Crippen LogP contribution is -2.46. The Hall–Kier alpha value is -1.16. The Balaban J connectivity index is 0.000000741. The van der Waals surface area contributed by atoms with E-state index < -0.39 is 0 Å². The van der Waals surface area contributed by atoms with Crippen molar-refractivity contribution >= 4 is 5.95 Å². The summed E-state index contributed by atoms with van der Waals surface area (Å²) in [6.45, 7) is 17.7. The first-order chi connectivity index (χ1) is 9.29. The third-order valence-electron chi connectivity index (χ3n) is 2.87. The third-order valence-corrected chi connectivity index (χ3v) is 2.87. The Morgan fingerprint density at radius 2 is 1.42 bits per heavy atom. The minimum atomic E-state index is 0.872. The van der Waals surface area contributed by atoms with Gasteiger partial charge in [0.05, 0.1) is 0 Å². The van der Waals surface area contributed by atoms with Gasteiger partial charge in [-0.25, -0.2) is 9.97 Å². The van der Waals surface area contributed by atoms with Gasteiger partial charge in [-0.1, -0.05) is 34.6 Å². The van der Waals surface area contributed by atoms with Crippen molar-refractivity contribution in [3.63, 3.8) is 0 Å². The van der Waals surface area contributed by atoms with Gasteiger partial charge in [-0.05, 0) is 19.0 Å². The van der Waals surface area contributed by atoms with Gasteiger partial charge >= 0.3 is 0 Å². The molecule has 0 aromatic carbocycles. The van der Waals surface area contributed by atoms with Gasteiger partial charge < -0.3 is 9.80 Å². The van der Waals surface area contributed by atoms with Gasteiger partial charge in [0.25, 0.3) is 0 Å². The maximum Gasteiger partial charge on any atom is 0.225 e. The summed E-state index contributed by atoms with van der Waals surface area (Å²) < 4.78 is 0. The van der Waals surface area contributed by atoms with E-state index in [1.807, 2.05) is 47.0 Å². The summed E-state index contributed by atoms with van der Waals surface area (Å²) in [4.78, 5) is 13.4. The van der Waals surface area contributed by atoms with Crippen molar-refractivity contribution < 1.29 is 0 Å². The van der Waals surface area contributed by atoms with Gasteiger partial charge in [-0.3, -0.25) is 0 Å². The predicted octanol–water partition coefficient (Wildman–Crippen LogP) is 2.98. The number of aromatic nitrogens is 2. The molecule has 1 aliphatic heterocycles. The standard InChI is InChI=1S/C11H18N4.2C2H6/c1-3-14-4-6-15(7-5-14)11-12-8-10(2)9-13-11;2*1-2/h8-9H,3-7H2,1-2H3;2*1-2H3. The van der Waals surface area contributed by atoms with Gasteiger partial charge in [0.2, 0.25) is 5.95 Å². The van der Waals surface area contributed by atoms with E-state index in [0.717, 1.165) is 44.2 Å². The van der Waals surface area contributed by atoms with Crippen LogP contribution in [0, 0.1) is 6.92 Å². The molecular weight excluding hydrogens is 236 g/mol. The van der Waals surface area contributed by atoms with E-state index in [-0.39, 0.29) is 0 Å². The van der Waals surface area contributed by atoms with Crippen molar-refractivity contribution in [2.24, 2.45) is 0 Å². The Bertz CT molecular complexity index is 302. The normalized spacial score (nSPS) is 14.9. The van der Waals surface area contributed by atoms with Crippen LogP contribution in [-0.2, 0) is 0 Å². The van der Waals surface area contributed by atoms with Crippen LogP contribution in [0.3, 0.4) is 0 Å². The van der Waals surface area contributed by atoms with Crippen LogP contribution < -0.4 is 4.90 Å². The van der Waals surface area contributed by atoms with Crippen LogP contribution in [-0.4, -0.2) is 47.6 Å². The maximum absolute atomic E-state index is 4.35. The second-order valence-corrected chi connectivity index (χ2v) is 3.98. The molecule has 0 amide bonds. The molecule has 1 aromatic heterocycles. The molecule has 4 heteroatoms. The zero-order valence-electron chi connectivity index (χ0n) is 13.5. The summed E-state index contributed by atoms with van der Waals surface area (Å²) in [7, 11) is 0. The summed E-state index contributed by atoms with van der Waals surface area (Å²) in [6.07, 6.45) is 3.77. The van der Waals surface area contributed by atoms with Crippen LogP contribution in [0.5, 0.6) is 0 Å². The van der Waals surface area contributed by atoms with Crippen LogP contribution in [0.4, 0.5) is 5.95 Å². The van der Waals surface area contributed by atoms with Gasteiger partial charge in [0, 0.05) is 38.6 Å². The van der Waals surface area contributed by atoms with E-state index in [4.69, 9.17) is 0 Å². The first-order valence-corrected chi connectivity index (χ1v) is 7.55. The maximum atomic E-state index is 4.35. The lowest BCUT2D eigenvalue weighted by molar-refractivity contribution is 0.270. The van der Waals surface area contributed by atoms with Crippen LogP contribution in [0.1, 0.15) is 40.2 Å². The number of likely N-dealkylation sites (N-methyl/N-ethyl adjacent to an activating group) is 1. The highest BCUT2D eigenvalue weighted by atomic mass is 15.3. The van der Waals surface area contributed by atoms with Crippen molar-refractivity contribution in [3.05, 3.63) is 18.0 Å². The highest BCUT2D eigenvalue weighted by molar-refractivity contribution is 5.30. The fraction of sp³-hybridized carbons (Fsp3) is 0.733. The molecular formula is C15H30N4. The predicted molar refractivity (Wildman–Crippen MR) is 83.8 cm³/mol. The minimum absolute atomic E-state index is 0.872. The molecule has 0 radical (unpaired) electrons. The number of rotatable bonds is 2. The Morgan fingerprint density at radius 1 is 0.947 bits per heavy atom. The van der Waals surface area contributed by atoms with Gasteiger partial charge in [-0.15, -0.1) is 0 Å². The molecule has 0 aliphatic carbocycles. The molecule has 0 spiro atoms. The number of hydrogen-bond donors (Lipinski definition) is 0. The monoisotopic (exact) mass is 266 g/mol. The number of piperazine rings is 1. The van der Waals surface area contributed by atoms with Gasteiger partial charge in [0.1, 0.15) is 0 Å². The zero-order valence-corrected chi connectivity index (χ0v) is 13.5. The molecule has 110 valence electrons. The lowest BCUT2D eigenvalue weighted by atomic mass is 10.3. The topological polar surface area (TPSA) is 32.3 Å². The summed E-state index contributed by atoms with van der Waals surface area (Å²) >= 11 is 0. The number of nitrogens with zero attached hydrogens (tertiary/aromatic N) is 4. The fourth-order valence-corrected chi connectivity index (χ4v) is 1.81. The van der Waals surface area contributed by atoms with Crippen molar-refractivity contribution in [2.45, 2.75) is 41.5 Å². The van der Waals surface area contributed by atoms with E-state index in [9.17, 15) is 0 Å². The molecule has 0 bridgehead atoms. The molecule has 0 atom stereocenters. The highest BCUT2D eigenvalue weighted by Crippen LogP contribution is 2.10. The fourth-order valence-electron chi connectivity index (χ4n) is 1.81. The van der Waals surface area contributed by atoms with Gasteiger partial charge in [0.15, 0.2) is 0 Å². The second kappa shape index (κ2) is 10.7. The molecule has 0 saturated carbocycles. The molecule has 1 saturated heterocycles. The van der Waals surface area contributed by atoms with E-state index in [0.29, 0.717) is 0 Å². The molecule has 1 fully saturated rings. The highest BCUT2D eigenvalue weighted by Gasteiger charge is 2.17. The number of aryl methyl sites for hydroxylation is 1. The molecule has 4 nitrogen and oxygen atoms in total. The first kappa shape index (κ1) is 17.8. The SMILES string of the molecule is CC.CC.CCN1CCN(c2ncc(C)cn2)CC1. The molecule has 1 aromatic rings. The van der Waals surface area contributed by atoms with E-state index >= 15 is 0 Å². The molecule has 19 heavy (non-hydrogen) atoms. The average Bonchev–Trinajstić information content (AvgIpc) is 2.52. The van der Waals surface area contributed by atoms with E-state index in [1.165, 1.54) is 0 Å². The largest absolute Gasteiger partial charge is 0.338 e. The smallest absolute Gasteiger partial charge is 0.225 e. The summed E-state index contributed by atoms with van der Waals surface area (Å²) in [6, 6.07) is 0. The van der Waals surface area contributed by atoms with Crippen molar-refractivity contribution in [3.8, 4) is 0 Å². The summed E-state index contributed by atoms with van der Waals surface area (Å²) in [5, 5.41) is 0. The molecule has 0 N–H and O–H groups in total. The van der Waals surface area contributed by atoms with Crippen molar-refractivity contribution in [1.29, 1.82) is 0 Å². The molecule has 1 aliphatic rings. The number of hydrogen-bond acceptors (Lipinski definition) is 4. The van der Waals surface area contributed by atoms with Crippen molar-refractivity contribution in [1.82, 2.24) is 14.9 Å². The molecule has 2 rings (SSSR count). The lowest BCUT2D eigenvalue weighted by Gasteiger charge is -2.33. The Kier molecular flexibility index (Phi) is 10.1. The number of anilines is 1. The first-order valence-electron chi connectivity index (χ1n) is 7.55. The van der Waals surface area contributed by atoms with Crippen LogP contribution in [0.25, 0.3) is 0 Å². The summed E-state index contributed by atoms with van der Waals surface area (Å²) in [5.41, 5.74) is 1.12. The Morgan fingerprint density at radius 3 is 1.84 bits per heavy atom. The molecule has 0 unspecified atom stereocenters. The average molecular weight is 266 g/mol. The molecule has 2 heterocycles. The third kappa shape index (κ3) is 6.01. The summed E-state index contributed by atoms with van der Waals surface area (Å²) in [5.74, 6) is 0.872. The van der Waals surface area contributed by atoms with Crippen LogP contribution >= 0.6 is 0 Å². The minimum Gasteiger partial charge on any atom is -0.338 e. The van der Waals surface area contributed by atoms with Crippen LogP contribution in [0.2, 0.25) is 0 Å². The second-order valence-electron chi connectivity index (χ2n) is 3.98. The van der Waals surface area contributed by atoms with Crippen LogP contribution in [0.15, 0.2) is 12.4 Å². The quantitative estimate of drug-likeness (QED) is 0.824. The van der Waals surface area contributed by atoms with E-state index in [2.05, 4.69) is 26.7 Å². The van der Waals surface area contributed by atoms with Gasteiger partial charge in [-0.2, -0.15) is 0 Å². The van der Waals surface area contributed by atoms with Crippen molar-refractivity contribution in [2.75, 3.05) is 37.6 Å². The zero-order chi connectivity index (χ0) is 14.7.